The lowest BCUT2D eigenvalue weighted by Crippen LogP contribution is -2.40. The fourth-order valence-electron chi connectivity index (χ4n) is 7.92. The number of rotatable bonds is 46. The molecule has 0 spiro atoms. The van der Waals surface area contributed by atoms with E-state index in [9.17, 15) is 19.5 Å². The summed E-state index contributed by atoms with van der Waals surface area (Å²) >= 11 is 0. The Bertz CT molecular complexity index is 906. The number of hydrogen-bond donors (Lipinski definition) is 2. The van der Waals surface area contributed by atoms with Crippen molar-refractivity contribution >= 4 is 18.3 Å². The number of carbonyl (C=O) groups excluding carboxylic acids is 3. The summed E-state index contributed by atoms with van der Waals surface area (Å²) in [6, 6.07) is 0. The van der Waals surface area contributed by atoms with Crippen LogP contribution < -0.4 is 5.32 Å². The summed E-state index contributed by atoms with van der Waals surface area (Å²) in [5, 5.41) is 12.4. The highest BCUT2D eigenvalue weighted by molar-refractivity contribution is 5.81. The topological polar surface area (TPSA) is 105 Å². The van der Waals surface area contributed by atoms with Crippen molar-refractivity contribution < 1.29 is 29.0 Å². The molecule has 2 N–H and O–H groups in total. The highest BCUT2D eigenvalue weighted by Crippen LogP contribution is 2.21. The van der Waals surface area contributed by atoms with Crippen LogP contribution >= 0.6 is 0 Å². The Hall–Kier alpha value is -1.67. The molecule has 0 heterocycles. The van der Waals surface area contributed by atoms with E-state index in [0.29, 0.717) is 26.0 Å². The van der Waals surface area contributed by atoms with Gasteiger partial charge in [-0.1, -0.05) is 189 Å². The van der Waals surface area contributed by atoms with Crippen molar-refractivity contribution in [3.8, 4) is 0 Å². The van der Waals surface area contributed by atoms with Gasteiger partial charge in [0.25, 0.3) is 6.47 Å². The second-order valence-electron chi connectivity index (χ2n) is 18.9. The van der Waals surface area contributed by atoms with Gasteiger partial charge in [0.1, 0.15) is 6.10 Å². The van der Waals surface area contributed by atoms with Crippen molar-refractivity contribution in [1.82, 2.24) is 10.2 Å². The first-order valence-electron chi connectivity index (χ1n) is 26.5. The van der Waals surface area contributed by atoms with Crippen LogP contribution in [0.25, 0.3) is 0 Å². The number of aliphatic hydroxyl groups is 1. The molecule has 0 bridgehead atoms. The smallest absolute Gasteiger partial charge is 0.306 e. The summed E-state index contributed by atoms with van der Waals surface area (Å²) in [5.41, 5.74) is -0.724. The van der Waals surface area contributed by atoms with Gasteiger partial charge in [-0.25, -0.2) is 0 Å². The van der Waals surface area contributed by atoms with Gasteiger partial charge in [0.2, 0.25) is 5.91 Å². The molecule has 8 heteroatoms. The monoisotopic (exact) mass is 867 g/mol. The Morgan fingerprint density at radius 1 is 0.557 bits per heavy atom. The van der Waals surface area contributed by atoms with Crippen LogP contribution in [0.1, 0.15) is 267 Å². The molecule has 0 aromatic carbocycles. The number of esters is 1. The molecule has 0 aliphatic carbocycles. The fraction of sp³-hybridized carbons (Fsp3) is 0.943. The lowest BCUT2D eigenvalue weighted by atomic mass is 9.93. The van der Waals surface area contributed by atoms with E-state index in [4.69, 9.17) is 9.47 Å². The summed E-state index contributed by atoms with van der Waals surface area (Å²) in [7, 11) is 0. The average Bonchev–Trinajstić information content (AvgIpc) is 3.25. The Morgan fingerprint density at radius 2 is 0.984 bits per heavy atom. The zero-order valence-electron chi connectivity index (χ0n) is 42.0. The van der Waals surface area contributed by atoms with Crippen LogP contribution in [0, 0.1) is 11.3 Å². The molecule has 61 heavy (non-hydrogen) atoms. The maximum atomic E-state index is 12.7. The zero-order chi connectivity index (χ0) is 45.5. The molecule has 0 radical (unpaired) electrons. The molecule has 1 amide bonds. The molecular weight excluding hydrogens is 761 g/mol. The third-order valence-electron chi connectivity index (χ3n) is 12.3. The predicted octanol–water partition coefficient (Wildman–Crippen LogP) is 14.5. The van der Waals surface area contributed by atoms with Crippen LogP contribution in [0.5, 0.6) is 0 Å². The SMILES string of the molecule is CCCCC(CCCC)CCOC=O.CCCCCCCCC(CCCCCCCC)OC(=O)CCCCCCCN(CCCCCCCC)CCCNC(=O)C(C)(C)CO. The van der Waals surface area contributed by atoms with E-state index >= 15 is 0 Å². The maximum Gasteiger partial charge on any atom is 0.306 e. The van der Waals surface area contributed by atoms with Crippen molar-refractivity contribution in [2.45, 2.75) is 273 Å². The third-order valence-corrected chi connectivity index (χ3v) is 12.3. The van der Waals surface area contributed by atoms with Crippen molar-refractivity contribution in [2.24, 2.45) is 11.3 Å². The Kier molecular flexibility index (Phi) is 48.1. The van der Waals surface area contributed by atoms with Crippen LogP contribution in [0.2, 0.25) is 0 Å². The zero-order valence-corrected chi connectivity index (χ0v) is 42.0. The molecule has 8 nitrogen and oxygen atoms in total. The molecule has 0 aromatic heterocycles. The summed E-state index contributed by atoms with van der Waals surface area (Å²) in [4.78, 5) is 37.6. The molecule has 0 rings (SSSR count). The first kappa shape index (κ1) is 61.4. The van der Waals surface area contributed by atoms with E-state index in [2.05, 4.69) is 44.8 Å². The molecule has 364 valence electrons. The van der Waals surface area contributed by atoms with Gasteiger partial charge in [0, 0.05) is 13.0 Å². The first-order chi connectivity index (χ1) is 29.6. The minimum Gasteiger partial charge on any atom is -0.468 e. The van der Waals surface area contributed by atoms with E-state index in [1.165, 1.54) is 173 Å². The lowest BCUT2D eigenvalue weighted by Gasteiger charge is -2.24. The molecule has 0 aromatic rings. The normalized spacial score (nSPS) is 11.6. The Morgan fingerprint density at radius 3 is 1.44 bits per heavy atom. The van der Waals surface area contributed by atoms with Crippen LogP contribution in [0.3, 0.4) is 0 Å². The number of ether oxygens (including phenoxy) is 2. The molecule has 0 atom stereocenters. The van der Waals surface area contributed by atoms with E-state index in [1.807, 2.05) is 0 Å². The minimum absolute atomic E-state index is 0.0199. The number of nitrogens with zero attached hydrogens (tertiary/aromatic N) is 1. The minimum atomic E-state index is -0.724. The van der Waals surface area contributed by atoms with Crippen LogP contribution in [-0.4, -0.2) is 73.9 Å². The standard InChI is InChI=1S/C41H82N2O4.C12H24O2/c1-6-9-12-15-19-24-30-38(31-25-20-16-13-10-7-2)47-39(45)32-26-21-18-23-28-35-43(34-27-22-17-14-11-8-3)36-29-33-42-40(46)41(4,5)37-44;1-3-5-7-12(8-6-4-2)9-10-14-11-13/h38,44H,6-37H2,1-5H3,(H,42,46);11-12H,3-10H2,1-2H3. The molecule has 0 saturated heterocycles. The van der Waals surface area contributed by atoms with Gasteiger partial charge in [0.05, 0.1) is 18.6 Å². The number of amides is 1. The molecular formula is C53H106N2O6. The number of carbonyl (C=O) groups is 3. The van der Waals surface area contributed by atoms with Gasteiger partial charge in [-0.15, -0.1) is 0 Å². The second kappa shape index (κ2) is 47.8. The quantitative estimate of drug-likeness (QED) is 0.0357. The number of nitrogens with one attached hydrogen (secondary N) is 1. The fourth-order valence-corrected chi connectivity index (χ4v) is 7.92. The second-order valence-corrected chi connectivity index (χ2v) is 18.9. The molecule has 0 aliphatic heterocycles. The summed E-state index contributed by atoms with van der Waals surface area (Å²) < 4.78 is 10.8. The number of aliphatic hydroxyl groups excluding tert-OH is 1. The molecule has 0 aliphatic rings. The van der Waals surface area contributed by atoms with Gasteiger partial charge in [-0.05, 0) is 97.2 Å². The predicted molar refractivity (Wildman–Crippen MR) is 261 cm³/mol. The van der Waals surface area contributed by atoms with Crippen molar-refractivity contribution in [3.63, 3.8) is 0 Å². The van der Waals surface area contributed by atoms with Gasteiger partial charge in [0.15, 0.2) is 0 Å². The van der Waals surface area contributed by atoms with Gasteiger partial charge < -0.3 is 24.8 Å². The Labute approximate surface area is 380 Å². The highest BCUT2D eigenvalue weighted by atomic mass is 16.5. The maximum absolute atomic E-state index is 12.7. The van der Waals surface area contributed by atoms with Gasteiger partial charge in [-0.2, -0.15) is 0 Å². The molecule has 0 unspecified atom stereocenters. The molecule has 0 saturated carbocycles. The van der Waals surface area contributed by atoms with Crippen molar-refractivity contribution in [3.05, 3.63) is 0 Å². The van der Waals surface area contributed by atoms with E-state index in [1.54, 1.807) is 13.8 Å². The van der Waals surface area contributed by atoms with Gasteiger partial charge >= 0.3 is 5.97 Å². The highest BCUT2D eigenvalue weighted by Gasteiger charge is 2.26. The summed E-state index contributed by atoms with van der Waals surface area (Å²) in [5.74, 6) is 0.707. The van der Waals surface area contributed by atoms with Crippen molar-refractivity contribution in [1.29, 1.82) is 0 Å². The lowest BCUT2D eigenvalue weighted by molar-refractivity contribution is -0.150. The van der Waals surface area contributed by atoms with Crippen LogP contribution in [0.4, 0.5) is 0 Å². The Balaban J connectivity index is 0. The average molecular weight is 867 g/mol. The first-order valence-corrected chi connectivity index (χ1v) is 26.5. The molecule has 0 fully saturated rings. The largest absolute Gasteiger partial charge is 0.468 e. The third kappa shape index (κ3) is 43.4. The van der Waals surface area contributed by atoms with Crippen LogP contribution in [-0.2, 0) is 23.9 Å². The van der Waals surface area contributed by atoms with E-state index < -0.39 is 5.41 Å². The number of hydrogen-bond acceptors (Lipinski definition) is 7. The van der Waals surface area contributed by atoms with Crippen LogP contribution in [0.15, 0.2) is 0 Å². The summed E-state index contributed by atoms with van der Waals surface area (Å²) in [6.07, 6.45) is 41.3. The van der Waals surface area contributed by atoms with Crippen molar-refractivity contribution in [2.75, 3.05) is 39.4 Å². The van der Waals surface area contributed by atoms with E-state index in [-0.39, 0.29) is 24.6 Å². The number of unbranched alkanes of at least 4 members (excludes halogenated alkanes) is 21. The van der Waals surface area contributed by atoms with Gasteiger partial charge in [-0.3, -0.25) is 14.4 Å². The van der Waals surface area contributed by atoms with E-state index in [0.717, 1.165) is 64.1 Å². The summed E-state index contributed by atoms with van der Waals surface area (Å²) in [6.45, 7) is 19.7.